The number of aryl methyl sites for hydroxylation is 2. The summed E-state index contributed by atoms with van der Waals surface area (Å²) in [7, 11) is 0. The van der Waals surface area contributed by atoms with E-state index >= 15 is 0 Å². The van der Waals surface area contributed by atoms with E-state index in [4.69, 9.17) is 10.1 Å². The number of nitriles is 1. The number of carbonyl (C=O) groups excluding carboxylic acids is 1. The van der Waals surface area contributed by atoms with Crippen LogP contribution in [0.4, 0.5) is 5.82 Å². The molecule has 0 N–H and O–H groups in total. The van der Waals surface area contributed by atoms with Gasteiger partial charge in [0.25, 0.3) is 5.91 Å². The lowest BCUT2D eigenvalue weighted by atomic mass is 9.98. The van der Waals surface area contributed by atoms with E-state index in [9.17, 15) is 10.1 Å². The first-order valence-corrected chi connectivity index (χ1v) is 12.7. The van der Waals surface area contributed by atoms with Gasteiger partial charge in [0.1, 0.15) is 5.82 Å². The molecule has 2 aliphatic rings. The molecule has 0 radical (unpaired) electrons. The molecule has 1 aromatic carbocycles. The lowest BCUT2D eigenvalue weighted by Crippen LogP contribution is -2.38. The number of nitrogens with zero attached hydrogens (tertiary/aromatic N) is 6. The Balaban J connectivity index is 1.47. The number of hydrogen-bond acceptors (Lipinski definition) is 5. The molecule has 2 fully saturated rings. The highest BCUT2D eigenvalue weighted by Crippen LogP contribution is 2.34. The lowest BCUT2D eigenvalue weighted by Gasteiger charge is -2.35. The number of anilines is 1. The summed E-state index contributed by atoms with van der Waals surface area (Å²) in [5.41, 5.74) is 4.45. The second-order valence-corrected chi connectivity index (χ2v) is 10.6. The zero-order valence-electron chi connectivity index (χ0n) is 19.8. The molecule has 4 heterocycles. The molecule has 176 valence electrons. The standard InChI is InChI=1S/C26H29BrN6O/c1-16-7-8-21(27)20(10-16)26(34)32-9-5-4-6-23(32)22-11-24-29-25(18(3)14-33(24)30-22)31-13-17(2)19(12-28)15-31/h7-8,10-11,14,17,19,23H,4-6,9,13,15H2,1-3H3/t17-,19+,23-/m0/s1. The van der Waals surface area contributed by atoms with Crippen molar-refractivity contribution in [3.63, 3.8) is 0 Å². The highest BCUT2D eigenvalue weighted by molar-refractivity contribution is 9.10. The predicted octanol–water partition coefficient (Wildman–Crippen LogP) is 5.07. The summed E-state index contributed by atoms with van der Waals surface area (Å²) in [6, 6.07) is 10.3. The number of likely N-dealkylation sites (tertiary alicyclic amines) is 1. The van der Waals surface area contributed by atoms with E-state index in [1.54, 1.807) is 0 Å². The summed E-state index contributed by atoms with van der Waals surface area (Å²) in [6.45, 7) is 8.43. The maximum absolute atomic E-state index is 13.6. The van der Waals surface area contributed by atoms with Crippen LogP contribution >= 0.6 is 15.9 Å². The summed E-state index contributed by atoms with van der Waals surface area (Å²) >= 11 is 3.56. The molecule has 2 saturated heterocycles. The third-order valence-corrected chi connectivity index (χ3v) is 7.85. The van der Waals surface area contributed by atoms with Gasteiger partial charge < -0.3 is 9.80 Å². The molecular formula is C26H29BrN6O. The van der Waals surface area contributed by atoms with Crippen LogP contribution in [-0.2, 0) is 0 Å². The molecule has 0 spiro atoms. The van der Waals surface area contributed by atoms with Crippen LogP contribution in [0.15, 0.2) is 34.9 Å². The smallest absolute Gasteiger partial charge is 0.255 e. The zero-order chi connectivity index (χ0) is 24.0. The van der Waals surface area contributed by atoms with Gasteiger partial charge in [-0.25, -0.2) is 9.50 Å². The van der Waals surface area contributed by atoms with Gasteiger partial charge >= 0.3 is 0 Å². The Morgan fingerprint density at radius 2 is 2.03 bits per heavy atom. The molecular weight excluding hydrogens is 492 g/mol. The van der Waals surface area contributed by atoms with Crippen molar-refractivity contribution in [2.75, 3.05) is 24.5 Å². The van der Waals surface area contributed by atoms with Crippen LogP contribution in [0.25, 0.3) is 5.65 Å². The molecule has 2 aromatic heterocycles. The van der Waals surface area contributed by atoms with Gasteiger partial charge in [0.2, 0.25) is 0 Å². The second-order valence-electron chi connectivity index (χ2n) is 9.73. The van der Waals surface area contributed by atoms with E-state index in [1.165, 1.54) is 0 Å². The number of piperidine rings is 1. The van der Waals surface area contributed by atoms with Gasteiger partial charge in [-0.15, -0.1) is 0 Å². The molecule has 2 aliphatic heterocycles. The summed E-state index contributed by atoms with van der Waals surface area (Å²) in [6.07, 6.45) is 4.96. The highest BCUT2D eigenvalue weighted by atomic mass is 79.9. The van der Waals surface area contributed by atoms with Crippen molar-refractivity contribution in [3.05, 3.63) is 57.3 Å². The average Bonchev–Trinajstić information content (AvgIpc) is 3.42. The van der Waals surface area contributed by atoms with Crippen molar-refractivity contribution >= 4 is 33.3 Å². The van der Waals surface area contributed by atoms with Crippen LogP contribution < -0.4 is 4.90 Å². The molecule has 3 atom stereocenters. The molecule has 0 unspecified atom stereocenters. The largest absolute Gasteiger partial charge is 0.355 e. The van der Waals surface area contributed by atoms with Crippen molar-refractivity contribution in [1.29, 1.82) is 5.26 Å². The molecule has 0 saturated carbocycles. The van der Waals surface area contributed by atoms with Gasteiger partial charge in [-0.1, -0.05) is 18.6 Å². The third-order valence-electron chi connectivity index (χ3n) is 7.16. The molecule has 34 heavy (non-hydrogen) atoms. The fourth-order valence-electron chi connectivity index (χ4n) is 5.25. The maximum Gasteiger partial charge on any atom is 0.255 e. The summed E-state index contributed by atoms with van der Waals surface area (Å²) in [4.78, 5) is 22.7. The molecule has 5 rings (SSSR count). The van der Waals surface area contributed by atoms with Crippen LogP contribution in [0.5, 0.6) is 0 Å². The van der Waals surface area contributed by atoms with Crippen molar-refractivity contribution < 1.29 is 4.79 Å². The van der Waals surface area contributed by atoms with Crippen LogP contribution in [0.1, 0.15) is 59.4 Å². The Bertz CT molecular complexity index is 1290. The molecule has 3 aromatic rings. The Hall–Kier alpha value is -2.92. The quantitative estimate of drug-likeness (QED) is 0.481. The predicted molar refractivity (Wildman–Crippen MR) is 135 cm³/mol. The monoisotopic (exact) mass is 520 g/mol. The zero-order valence-corrected chi connectivity index (χ0v) is 21.4. The SMILES string of the molecule is Cc1ccc(Br)c(C(=O)N2CCCC[C@H]2c2cc3nc(N4C[C@@H](C#N)[C@@H](C)C4)c(C)cn3n2)c1. The number of fused-ring (bicyclic) bond motifs is 1. The fourth-order valence-corrected chi connectivity index (χ4v) is 5.67. The van der Waals surface area contributed by atoms with E-state index in [0.29, 0.717) is 18.0 Å². The number of carbonyl (C=O) groups is 1. The van der Waals surface area contributed by atoms with Gasteiger partial charge in [0, 0.05) is 41.9 Å². The van der Waals surface area contributed by atoms with Crippen molar-refractivity contribution in [1.82, 2.24) is 19.5 Å². The summed E-state index contributed by atoms with van der Waals surface area (Å²) in [5, 5.41) is 14.3. The number of hydrogen-bond donors (Lipinski definition) is 0. The topological polar surface area (TPSA) is 77.5 Å². The first-order chi connectivity index (χ1) is 16.4. The van der Waals surface area contributed by atoms with Crippen molar-refractivity contribution in [2.45, 2.75) is 46.1 Å². The van der Waals surface area contributed by atoms with Gasteiger partial charge in [-0.05, 0) is 67.1 Å². The van der Waals surface area contributed by atoms with E-state index in [1.807, 2.05) is 53.7 Å². The molecule has 0 bridgehead atoms. The molecule has 0 aliphatic carbocycles. The van der Waals surface area contributed by atoms with Crippen LogP contribution in [0.2, 0.25) is 0 Å². The Morgan fingerprint density at radius 3 is 2.79 bits per heavy atom. The van der Waals surface area contributed by atoms with E-state index in [2.05, 4.69) is 33.8 Å². The number of halogens is 1. The second kappa shape index (κ2) is 9.03. The van der Waals surface area contributed by atoms with Crippen LogP contribution in [0.3, 0.4) is 0 Å². The number of amides is 1. The van der Waals surface area contributed by atoms with Crippen LogP contribution in [0, 0.1) is 37.0 Å². The maximum atomic E-state index is 13.6. The van der Waals surface area contributed by atoms with Gasteiger partial charge in [0.15, 0.2) is 5.65 Å². The lowest BCUT2D eigenvalue weighted by molar-refractivity contribution is 0.0604. The van der Waals surface area contributed by atoms with E-state index < -0.39 is 0 Å². The molecule has 1 amide bonds. The minimum absolute atomic E-state index is 0.0284. The normalized spacial score (nSPS) is 22.9. The van der Waals surface area contributed by atoms with Crippen LogP contribution in [-0.4, -0.2) is 45.0 Å². The van der Waals surface area contributed by atoms with Gasteiger partial charge in [-0.3, -0.25) is 4.79 Å². The Labute approximate surface area is 208 Å². The fraction of sp³-hybridized carbons (Fsp3) is 0.462. The van der Waals surface area contributed by atoms with Crippen molar-refractivity contribution in [3.8, 4) is 6.07 Å². The number of benzene rings is 1. The minimum Gasteiger partial charge on any atom is -0.355 e. The Morgan fingerprint density at radius 1 is 1.21 bits per heavy atom. The van der Waals surface area contributed by atoms with E-state index in [-0.39, 0.29) is 17.9 Å². The minimum atomic E-state index is -0.0751. The van der Waals surface area contributed by atoms with Gasteiger partial charge in [-0.2, -0.15) is 10.4 Å². The number of rotatable bonds is 3. The molecule has 7 nitrogen and oxygen atoms in total. The highest BCUT2D eigenvalue weighted by Gasteiger charge is 2.33. The first kappa shape index (κ1) is 22.9. The summed E-state index contributed by atoms with van der Waals surface area (Å²) < 4.78 is 2.65. The summed E-state index contributed by atoms with van der Waals surface area (Å²) in [5.74, 6) is 1.31. The Kier molecular flexibility index (Phi) is 6.07. The third kappa shape index (κ3) is 4.07. The van der Waals surface area contributed by atoms with Gasteiger partial charge in [0.05, 0.1) is 29.3 Å². The molecule has 8 heteroatoms. The number of aromatic nitrogens is 3. The van der Waals surface area contributed by atoms with E-state index in [0.717, 1.165) is 65.1 Å². The first-order valence-electron chi connectivity index (χ1n) is 11.9. The van der Waals surface area contributed by atoms with Crippen molar-refractivity contribution in [2.24, 2.45) is 11.8 Å². The average molecular weight is 521 g/mol.